The predicted molar refractivity (Wildman–Crippen MR) is 74.6 cm³/mol. The number of likely N-dealkylation sites (tertiary alicyclic amines) is 1. The van der Waals surface area contributed by atoms with E-state index in [-0.39, 0.29) is 17.7 Å². The molecule has 1 amide bonds. The standard InChI is InChI=1S/C13H20N2O4S/c1-2-20(17,18)14-12-3-6-15(7-4-12)13(16)9-11-5-8-19-10-11/h5,8,10,12,14H,2-4,6-7,9H2,1H3. The summed E-state index contributed by atoms with van der Waals surface area (Å²) in [6.07, 6.45) is 4.78. The number of rotatable bonds is 5. The molecule has 2 rings (SSSR count). The number of carbonyl (C=O) groups is 1. The highest BCUT2D eigenvalue weighted by atomic mass is 32.2. The largest absolute Gasteiger partial charge is 0.472 e. The molecule has 2 heterocycles. The Balaban J connectivity index is 1.80. The second kappa shape index (κ2) is 6.41. The van der Waals surface area contributed by atoms with Crippen LogP contribution in [-0.4, -0.2) is 44.1 Å². The first kappa shape index (κ1) is 15.1. The highest BCUT2D eigenvalue weighted by Gasteiger charge is 2.25. The molecule has 1 aromatic heterocycles. The lowest BCUT2D eigenvalue weighted by Gasteiger charge is -2.32. The molecule has 20 heavy (non-hydrogen) atoms. The van der Waals surface area contributed by atoms with Gasteiger partial charge in [0.2, 0.25) is 15.9 Å². The molecule has 1 saturated heterocycles. The molecular formula is C13H20N2O4S. The third-order valence-corrected chi connectivity index (χ3v) is 4.96. The molecule has 0 radical (unpaired) electrons. The Morgan fingerprint density at radius 2 is 2.15 bits per heavy atom. The number of piperidine rings is 1. The van der Waals surface area contributed by atoms with Gasteiger partial charge in [-0.1, -0.05) is 0 Å². The van der Waals surface area contributed by atoms with Gasteiger partial charge in [-0.25, -0.2) is 13.1 Å². The number of nitrogens with one attached hydrogen (secondary N) is 1. The van der Waals surface area contributed by atoms with Crippen molar-refractivity contribution < 1.29 is 17.6 Å². The smallest absolute Gasteiger partial charge is 0.227 e. The Morgan fingerprint density at radius 1 is 1.45 bits per heavy atom. The van der Waals surface area contributed by atoms with Crippen molar-refractivity contribution in [2.75, 3.05) is 18.8 Å². The SMILES string of the molecule is CCS(=O)(=O)NC1CCN(C(=O)Cc2ccoc2)CC1. The molecule has 0 spiro atoms. The van der Waals surface area contributed by atoms with Crippen LogP contribution in [-0.2, 0) is 21.2 Å². The molecule has 0 aromatic carbocycles. The van der Waals surface area contributed by atoms with Gasteiger partial charge in [-0.2, -0.15) is 0 Å². The molecule has 1 fully saturated rings. The fraction of sp³-hybridized carbons (Fsp3) is 0.615. The summed E-state index contributed by atoms with van der Waals surface area (Å²) in [6, 6.07) is 1.72. The Bertz CT molecular complexity index is 531. The predicted octanol–water partition coefficient (Wildman–Crippen LogP) is 0.752. The van der Waals surface area contributed by atoms with Crippen LogP contribution in [0.25, 0.3) is 0 Å². The van der Waals surface area contributed by atoms with Gasteiger partial charge in [0.15, 0.2) is 0 Å². The third kappa shape index (κ3) is 4.08. The van der Waals surface area contributed by atoms with Crippen molar-refractivity contribution in [2.24, 2.45) is 0 Å². The van der Waals surface area contributed by atoms with Gasteiger partial charge in [-0.15, -0.1) is 0 Å². The van der Waals surface area contributed by atoms with Crippen LogP contribution in [0.15, 0.2) is 23.0 Å². The number of nitrogens with zero attached hydrogens (tertiary/aromatic N) is 1. The maximum absolute atomic E-state index is 12.1. The molecule has 7 heteroatoms. The van der Waals surface area contributed by atoms with Crippen LogP contribution in [0, 0.1) is 0 Å². The number of furan rings is 1. The van der Waals surface area contributed by atoms with Gasteiger partial charge in [-0.05, 0) is 31.4 Å². The Hall–Kier alpha value is -1.34. The van der Waals surface area contributed by atoms with E-state index in [2.05, 4.69) is 4.72 Å². The first-order valence-corrected chi connectivity index (χ1v) is 8.44. The van der Waals surface area contributed by atoms with E-state index in [4.69, 9.17) is 4.42 Å². The van der Waals surface area contributed by atoms with Crippen LogP contribution in [0.5, 0.6) is 0 Å². The van der Waals surface area contributed by atoms with E-state index < -0.39 is 10.0 Å². The fourth-order valence-corrected chi connectivity index (χ4v) is 3.17. The number of hydrogen-bond acceptors (Lipinski definition) is 4. The van der Waals surface area contributed by atoms with Crippen LogP contribution >= 0.6 is 0 Å². The summed E-state index contributed by atoms with van der Waals surface area (Å²) in [5, 5.41) is 0. The van der Waals surface area contributed by atoms with E-state index in [0.29, 0.717) is 32.4 Å². The Labute approximate surface area is 119 Å². The molecular weight excluding hydrogens is 280 g/mol. The number of hydrogen-bond donors (Lipinski definition) is 1. The molecule has 6 nitrogen and oxygen atoms in total. The first-order chi connectivity index (χ1) is 9.50. The summed E-state index contributed by atoms with van der Waals surface area (Å²) >= 11 is 0. The Kier molecular flexibility index (Phi) is 4.82. The van der Waals surface area contributed by atoms with Crippen LogP contribution in [0.1, 0.15) is 25.3 Å². The highest BCUT2D eigenvalue weighted by molar-refractivity contribution is 7.89. The molecule has 0 aliphatic carbocycles. The quantitative estimate of drug-likeness (QED) is 0.870. The van der Waals surface area contributed by atoms with Gasteiger partial charge in [0, 0.05) is 19.1 Å². The second-order valence-electron chi connectivity index (χ2n) is 4.98. The van der Waals surface area contributed by atoms with Crippen LogP contribution < -0.4 is 4.72 Å². The lowest BCUT2D eigenvalue weighted by molar-refractivity contribution is -0.131. The van der Waals surface area contributed by atoms with Crippen molar-refractivity contribution in [1.29, 1.82) is 0 Å². The topological polar surface area (TPSA) is 79.6 Å². The van der Waals surface area contributed by atoms with Crippen molar-refractivity contribution in [3.05, 3.63) is 24.2 Å². The molecule has 112 valence electrons. The number of sulfonamides is 1. The first-order valence-electron chi connectivity index (χ1n) is 6.79. The lowest BCUT2D eigenvalue weighted by Crippen LogP contribution is -2.47. The lowest BCUT2D eigenvalue weighted by atomic mass is 10.1. The molecule has 0 bridgehead atoms. The summed E-state index contributed by atoms with van der Waals surface area (Å²) in [6.45, 7) is 2.80. The van der Waals surface area contributed by atoms with Crippen LogP contribution in [0.3, 0.4) is 0 Å². The number of carbonyl (C=O) groups excluding carboxylic acids is 1. The van der Waals surface area contributed by atoms with Gasteiger partial charge < -0.3 is 9.32 Å². The Morgan fingerprint density at radius 3 is 2.70 bits per heavy atom. The minimum atomic E-state index is -3.16. The van der Waals surface area contributed by atoms with Crippen molar-refractivity contribution in [2.45, 2.75) is 32.2 Å². The van der Waals surface area contributed by atoms with Crippen molar-refractivity contribution >= 4 is 15.9 Å². The maximum Gasteiger partial charge on any atom is 0.227 e. The molecule has 1 aliphatic heterocycles. The second-order valence-corrected chi connectivity index (χ2v) is 7.03. The van der Waals surface area contributed by atoms with Crippen molar-refractivity contribution in [1.82, 2.24) is 9.62 Å². The average Bonchev–Trinajstić information content (AvgIpc) is 2.92. The van der Waals surface area contributed by atoms with E-state index in [1.54, 1.807) is 30.4 Å². The molecule has 0 unspecified atom stereocenters. The van der Waals surface area contributed by atoms with Gasteiger partial charge >= 0.3 is 0 Å². The molecule has 0 saturated carbocycles. The van der Waals surface area contributed by atoms with E-state index in [1.807, 2.05) is 0 Å². The summed E-state index contributed by atoms with van der Waals surface area (Å²) in [7, 11) is -3.16. The zero-order valence-corrected chi connectivity index (χ0v) is 12.4. The third-order valence-electron chi connectivity index (χ3n) is 3.51. The number of amides is 1. The van der Waals surface area contributed by atoms with Gasteiger partial charge in [0.25, 0.3) is 0 Å². The van der Waals surface area contributed by atoms with E-state index in [1.165, 1.54) is 0 Å². The molecule has 0 atom stereocenters. The molecule has 1 aliphatic rings. The van der Waals surface area contributed by atoms with E-state index in [0.717, 1.165) is 5.56 Å². The van der Waals surface area contributed by atoms with E-state index >= 15 is 0 Å². The van der Waals surface area contributed by atoms with Gasteiger partial charge in [-0.3, -0.25) is 4.79 Å². The monoisotopic (exact) mass is 300 g/mol. The fourth-order valence-electron chi connectivity index (χ4n) is 2.26. The average molecular weight is 300 g/mol. The van der Waals surface area contributed by atoms with Gasteiger partial charge in [0.05, 0.1) is 24.7 Å². The minimum absolute atomic E-state index is 0.0575. The zero-order chi connectivity index (χ0) is 14.6. The minimum Gasteiger partial charge on any atom is -0.472 e. The van der Waals surface area contributed by atoms with Gasteiger partial charge in [0.1, 0.15) is 0 Å². The molecule has 1 aromatic rings. The highest BCUT2D eigenvalue weighted by Crippen LogP contribution is 2.13. The summed E-state index contributed by atoms with van der Waals surface area (Å²) in [5.41, 5.74) is 0.865. The van der Waals surface area contributed by atoms with Crippen molar-refractivity contribution in [3.8, 4) is 0 Å². The normalized spacial score (nSPS) is 17.4. The van der Waals surface area contributed by atoms with Crippen LogP contribution in [0.4, 0.5) is 0 Å². The van der Waals surface area contributed by atoms with Crippen LogP contribution in [0.2, 0.25) is 0 Å². The molecule has 1 N–H and O–H groups in total. The maximum atomic E-state index is 12.1. The summed E-state index contributed by atoms with van der Waals surface area (Å²) in [5.74, 6) is 0.148. The zero-order valence-electron chi connectivity index (χ0n) is 11.5. The van der Waals surface area contributed by atoms with E-state index in [9.17, 15) is 13.2 Å². The summed E-state index contributed by atoms with van der Waals surface area (Å²) < 4.78 is 30.6. The summed E-state index contributed by atoms with van der Waals surface area (Å²) in [4.78, 5) is 13.8. The van der Waals surface area contributed by atoms with Crippen molar-refractivity contribution in [3.63, 3.8) is 0 Å².